The summed E-state index contributed by atoms with van der Waals surface area (Å²) in [6, 6.07) is 8.91. The van der Waals surface area contributed by atoms with Crippen LogP contribution in [0.4, 0.5) is 5.69 Å². The quantitative estimate of drug-likeness (QED) is 0.872. The van der Waals surface area contributed by atoms with E-state index in [0.717, 1.165) is 12.0 Å². The summed E-state index contributed by atoms with van der Waals surface area (Å²) >= 11 is 0. The number of anilines is 1. The smallest absolute Gasteiger partial charge is 0.0807 e. The summed E-state index contributed by atoms with van der Waals surface area (Å²) in [5.41, 5.74) is 2.77. The minimum absolute atomic E-state index is 0.353. The zero-order valence-electron chi connectivity index (χ0n) is 13.4. The van der Waals surface area contributed by atoms with Gasteiger partial charge in [0.1, 0.15) is 0 Å². The molecule has 1 atom stereocenters. The molecule has 1 aliphatic carbocycles. The molecule has 1 saturated carbocycles. The summed E-state index contributed by atoms with van der Waals surface area (Å²) in [7, 11) is 2.18. The van der Waals surface area contributed by atoms with Crippen LogP contribution in [-0.4, -0.2) is 18.2 Å². The van der Waals surface area contributed by atoms with Gasteiger partial charge in [0, 0.05) is 24.3 Å². The Hall–Kier alpha value is -1.02. The number of nitrogens with zero attached hydrogens (tertiary/aromatic N) is 1. The van der Waals surface area contributed by atoms with E-state index in [-0.39, 0.29) is 6.10 Å². The number of rotatable bonds is 4. The Labute approximate surface area is 123 Å². The van der Waals surface area contributed by atoms with Crippen LogP contribution in [-0.2, 0) is 0 Å². The second kappa shape index (κ2) is 6.17. The lowest BCUT2D eigenvalue weighted by atomic mass is 9.75. The van der Waals surface area contributed by atoms with Crippen LogP contribution in [0.3, 0.4) is 0 Å². The highest BCUT2D eigenvalue weighted by Gasteiger charge is 2.29. The summed E-state index contributed by atoms with van der Waals surface area (Å²) in [5, 5.41) is 10.2. The van der Waals surface area contributed by atoms with Crippen molar-refractivity contribution in [2.24, 2.45) is 5.41 Å². The van der Waals surface area contributed by atoms with Crippen LogP contribution in [0.5, 0.6) is 0 Å². The summed E-state index contributed by atoms with van der Waals surface area (Å²) in [4.78, 5) is 2.39. The van der Waals surface area contributed by atoms with Gasteiger partial charge in [-0.25, -0.2) is 0 Å². The lowest BCUT2D eigenvalue weighted by Crippen LogP contribution is -2.37. The number of benzene rings is 1. The van der Waals surface area contributed by atoms with E-state index >= 15 is 0 Å². The Morgan fingerprint density at radius 1 is 1.25 bits per heavy atom. The molecule has 1 unspecified atom stereocenters. The van der Waals surface area contributed by atoms with Crippen molar-refractivity contribution in [3.8, 4) is 0 Å². The van der Waals surface area contributed by atoms with E-state index in [0.29, 0.717) is 11.5 Å². The average molecular weight is 275 g/mol. The Bertz CT molecular complexity index is 431. The summed E-state index contributed by atoms with van der Waals surface area (Å²) in [5.74, 6) is 0. The van der Waals surface area contributed by atoms with Gasteiger partial charge in [0.2, 0.25) is 0 Å². The van der Waals surface area contributed by atoms with Crippen LogP contribution in [0.25, 0.3) is 0 Å². The highest BCUT2D eigenvalue weighted by atomic mass is 16.3. The van der Waals surface area contributed by atoms with Gasteiger partial charge in [-0.3, -0.25) is 0 Å². The Balaban J connectivity index is 2.15. The van der Waals surface area contributed by atoms with Crippen LogP contribution < -0.4 is 4.90 Å². The first-order chi connectivity index (χ1) is 9.44. The highest BCUT2D eigenvalue weighted by Crippen LogP contribution is 2.39. The molecule has 1 aliphatic rings. The maximum atomic E-state index is 10.2. The van der Waals surface area contributed by atoms with Gasteiger partial charge < -0.3 is 10.0 Å². The largest absolute Gasteiger partial charge is 0.388 e. The zero-order valence-corrected chi connectivity index (χ0v) is 13.4. The fourth-order valence-corrected chi connectivity index (χ4v) is 3.28. The molecular formula is C18H29NO. The SMILES string of the molecule is CCC(O)c1ccccc1N(C)C1CCC(C)(C)CC1. The third-order valence-corrected chi connectivity index (χ3v) is 4.92. The molecule has 2 nitrogen and oxygen atoms in total. The number of hydrogen-bond donors (Lipinski definition) is 1. The molecule has 0 aromatic heterocycles. The molecule has 1 N–H and O–H groups in total. The minimum Gasteiger partial charge on any atom is -0.388 e. The van der Waals surface area contributed by atoms with Gasteiger partial charge in [-0.1, -0.05) is 39.0 Å². The van der Waals surface area contributed by atoms with Gasteiger partial charge in [-0.15, -0.1) is 0 Å². The molecule has 112 valence electrons. The van der Waals surface area contributed by atoms with Crippen LogP contribution in [0.15, 0.2) is 24.3 Å². The van der Waals surface area contributed by atoms with Gasteiger partial charge in [-0.2, -0.15) is 0 Å². The maximum absolute atomic E-state index is 10.2. The molecule has 0 amide bonds. The van der Waals surface area contributed by atoms with Crippen LogP contribution in [0.2, 0.25) is 0 Å². The maximum Gasteiger partial charge on any atom is 0.0807 e. The predicted molar refractivity (Wildman–Crippen MR) is 86.1 cm³/mol. The molecule has 0 saturated heterocycles. The van der Waals surface area contributed by atoms with E-state index in [4.69, 9.17) is 0 Å². The zero-order chi connectivity index (χ0) is 14.8. The lowest BCUT2D eigenvalue weighted by Gasteiger charge is -2.40. The van der Waals surface area contributed by atoms with Crippen molar-refractivity contribution in [1.29, 1.82) is 0 Å². The molecule has 1 fully saturated rings. The van der Waals surface area contributed by atoms with Gasteiger partial charge in [0.25, 0.3) is 0 Å². The van der Waals surface area contributed by atoms with E-state index in [1.165, 1.54) is 31.4 Å². The van der Waals surface area contributed by atoms with Crippen LogP contribution in [0.1, 0.15) is 64.5 Å². The first-order valence-electron chi connectivity index (χ1n) is 7.94. The van der Waals surface area contributed by atoms with E-state index in [2.05, 4.69) is 44.0 Å². The molecule has 0 bridgehead atoms. The van der Waals surface area contributed by atoms with Crippen LogP contribution in [0, 0.1) is 5.41 Å². The molecule has 2 rings (SSSR count). The number of aliphatic hydroxyl groups excluding tert-OH is 1. The van der Waals surface area contributed by atoms with Crippen molar-refractivity contribution in [2.75, 3.05) is 11.9 Å². The molecule has 0 aliphatic heterocycles. The third kappa shape index (κ3) is 3.35. The minimum atomic E-state index is -0.353. The average Bonchev–Trinajstić information content (AvgIpc) is 2.45. The van der Waals surface area contributed by atoms with Gasteiger partial charge in [-0.05, 0) is 43.6 Å². The van der Waals surface area contributed by atoms with E-state index in [1.54, 1.807) is 0 Å². The molecule has 20 heavy (non-hydrogen) atoms. The molecule has 0 radical (unpaired) electrons. The van der Waals surface area contributed by atoms with Gasteiger partial charge in [0.05, 0.1) is 6.10 Å². The fourth-order valence-electron chi connectivity index (χ4n) is 3.28. The monoisotopic (exact) mass is 275 g/mol. The van der Waals surface area contributed by atoms with Crippen molar-refractivity contribution < 1.29 is 5.11 Å². The summed E-state index contributed by atoms with van der Waals surface area (Å²) < 4.78 is 0. The normalized spacial score (nSPS) is 20.6. The van der Waals surface area contributed by atoms with E-state index < -0.39 is 0 Å². The van der Waals surface area contributed by atoms with Gasteiger partial charge in [0.15, 0.2) is 0 Å². The number of hydrogen-bond acceptors (Lipinski definition) is 2. The molecular weight excluding hydrogens is 246 g/mol. The summed E-state index contributed by atoms with van der Waals surface area (Å²) in [6.45, 7) is 6.78. The molecule has 0 heterocycles. The Morgan fingerprint density at radius 3 is 2.45 bits per heavy atom. The third-order valence-electron chi connectivity index (χ3n) is 4.92. The second-order valence-corrected chi connectivity index (χ2v) is 6.99. The van der Waals surface area contributed by atoms with Crippen LogP contribution >= 0.6 is 0 Å². The highest BCUT2D eigenvalue weighted by molar-refractivity contribution is 5.54. The number of aliphatic hydroxyl groups is 1. The second-order valence-electron chi connectivity index (χ2n) is 6.99. The molecule has 1 aromatic rings. The first kappa shape index (κ1) is 15.4. The Morgan fingerprint density at radius 2 is 1.85 bits per heavy atom. The van der Waals surface area contributed by atoms with Gasteiger partial charge >= 0.3 is 0 Å². The van der Waals surface area contributed by atoms with Crippen molar-refractivity contribution in [1.82, 2.24) is 0 Å². The molecule has 1 aromatic carbocycles. The molecule has 0 spiro atoms. The lowest BCUT2D eigenvalue weighted by molar-refractivity contribution is 0.173. The Kier molecular flexibility index (Phi) is 4.74. The molecule has 2 heteroatoms. The standard InChI is InChI=1S/C18H29NO/c1-5-17(20)15-8-6-7-9-16(15)19(4)14-10-12-18(2,3)13-11-14/h6-9,14,17,20H,5,10-13H2,1-4H3. The van der Waals surface area contributed by atoms with Crippen molar-refractivity contribution in [3.05, 3.63) is 29.8 Å². The summed E-state index contributed by atoms with van der Waals surface area (Å²) in [6.07, 6.45) is 5.50. The van der Waals surface area contributed by atoms with Crippen molar-refractivity contribution in [2.45, 2.75) is 65.0 Å². The predicted octanol–water partition coefficient (Wildman–Crippen LogP) is 4.54. The van der Waals surface area contributed by atoms with E-state index in [9.17, 15) is 5.11 Å². The van der Waals surface area contributed by atoms with Crippen molar-refractivity contribution >= 4 is 5.69 Å². The van der Waals surface area contributed by atoms with E-state index in [1.807, 2.05) is 13.0 Å². The number of para-hydroxylation sites is 1. The topological polar surface area (TPSA) is 23.5 Å². The fraction of sp³-hybridized carbons (Fsp3) is 0.667. The van der Waals surface area contributed by atoms with Crippen molar-refractivity contribution in [3.63, 3.8) is 0 Å². The first-order valence-corrected chi connectivity index (χ1v) is 7.94.